The van der Waals surface area contributed by atoms with Crippen LogP contribution in [-0.2, 0) is 4.74 Å². The molecule has 1 fully saturated rings. The minimum absolute atomic E-state index is 0.160. The van der Waals surface area contributed by atoms with Gasteiger partial charge in [0.2, 0.25) is 0 Å². The van der Waals surface area contributed by atoms with Crippen molar-refractivity contribution in [1.82, 2.24) is 4.90 Å². The predicted molar refractivity (Wildman–Crippen MR) is 74.9 cm³/mol. The van der Waals surface area contributed by atoms with E-state index in [2.05, 4.69) is 0 Å². The Kier molecular flexibility index (Phi) is 5.21. The molecule has 1 amide bonds. The Hall–Kier alpha value is -0.810. The van der Waals surface area contributed by atoms with Crippen LogP contribution < -0.4 is 5.73 Å². The van der Waals surface area contributed by atoms with Gasteiger partial charge in [0.15, 0.2) is 0 Å². The lowest BCUT2D eigenvalue weighted by Gasteiger charge is -2.44. The molecule has 1 heterocycles. The molecule has 0 saturated carbocycles. The highest BCUT2D eigenvalue weighted by molar-refractivity contribution is 5.69. The van der Waals surface area contributed by atoms with Crippen LogP contribution in [0, 0.1) is 0 Å². The minimum Gasteiger partial charge on any atom is -0.444 e. The van der Waals surface area contributed by atoms with E-state index in [0.717, 1.165) is 19.3 Å². The summed E-state index contributed by atoms with van der Waals surface area (Å²) in [6.45, 7) is 8.22. The Labute approximate surface area is 116 Å². The van der Waals surface area contributed by atoms with Crippen LogP contribution in [0.4, 0.5) is 4.79 Å². The second-order valence-electron chi connectivity index (χ2n) is 6.35. The maximum atomic E-state index is 12.3. The summed E-state index contributed by atoms with van der Waals surface area (Å²) in [7, 11) is 0. The lowest BCUT2D eigenvalue weighted by atomic mass is 9.84. The molecule has 3 N–H and O–H groups in total. The summed E-state index contributed by atoms with van der Waals surface area (Å²) in [6.07, 6.45) is 2.92. The summed E-state index contributed by atoms with van der Waals surface area (Å²) in [4.78, 5) is 13.9. The highest BCUT2D eigenvalue weighted by Gasteiger charge is 2.42. The van der Waals surface area contributed by atoms with Crippen molar-refractivity contribution in [2.24, 2.45) is 5.73 Å². The fourth-order valence-corrected chi connectivity index (χ4v) is 2.55. The third-order valence-electron chi connectivity index (χ3n) is 3.72. The van der Waals surface area contributed by atoms with Crippen molar-refractivity contribution < 1.29 is 14.6 Å². The molecule has 2 atom stereocenters. The Balaban J connectivity index is 2.86. The van der Waals surface area contributed by atoms with Gasteiger partial charge in [-0.25, -0.2) is 4.79 Å². The number of ether oxygens (including phenoxy) is 1. The zero-order valence-corrected chi connectivity index (χ0v) is 12.6. The van der Waals surface area contributed by atoms with Gasteiger partial charge in [-0.3, -0.25) is 0 Å². The third kappa shape index (κ3) is 4.08. The number of nitrogens with two attached hydrogens (primary N) is 1. The van der Waals surface area contributed by atoms with Crippen molar-refractivity contribution in [1.29, 1.82) is 0 Å². The zero-order chi connectivity index (χ0) is 14.7. The van der Waals surface area contributed by atoms with E-state index >= 15 is 0 Å². The largest absolute Gasteiger partial charge is 0.444 e. The standard InChI is InChI=1S/C14H28N2O3/c1-5-14(18,10-15)11-8-6-7-9-16(11)12(17)19-13(2,3)4/h11,18H,5-10,15H2,1-4H3/t11-,14+/m1/s1. The number of nitrogens with zero attached hydrogens (tertiary/aromatic N) is 1. The Morgan fingerprint density at radius 3 is 2.53 bits per heavy atom. The van der Waals surface area contributed by atoms with Gasteiger partial charge in [0.1, 0.15) is 5.60 Å². The maximum absolute atomic E-state index is 12.3. The van der Waals surface area contributed by atoms with E-state index in [1.807, 2.05) is 27.7 Å². The first kappa shape index (κ1) is 16.2. The maximum Gasteiger partial charge on any atom is 0.410 e. The van der Waals surface area contributed by atoms with Crippen molar-refractivity contribution in [3.63, 3.8) is 0 Å². The summed E-state index contributed by atoms with van der Waals surface area (Å²) in [5.74, 6) is 0. The molecule has 1 rings (SSSR count). The Morgan fingerprint density at radius 1 is 1.42 bits per heavy atom. The van der Waals surface area contributed by atoms with Crippen LogP contribution in [0.15, 0.2) is 0 Å². The van der Waals surface area contributed by atoms with Gasteiger partial charge in [-0.1, -0.05) is 6.92 Å². The lowest BCUT2D eigenvalue weighted by Crippen LogP contribution is -2.60. The van der Waals surface area contributed by atoms with Gasteiger partial charge in [-0.2, -0.15) is 0 Å². The first-order valence-corrected chi connectivity index (χ1v) is 7.15. The number of aliphatic hydroxyl groups is 1. The molecule has 1 aliphatic heterocycles. The number of hydrogen-bond acceptors (Lipinski definition) is 4. The molecule has 0 unspecified atom stereocenters. The number of amides is 1. The minimum atomic E-state index is -1.02. The molecular formula is C14H28N2O3. The topological polar surface area (TPSA) is 75.8 Å². The summed E-state index contributed by atoms with van der Waals surface area (Å²) in [5, 5.41) is 10.6. The summed E-state index contributed by atoms with van der Waals surface area (Å²) in [6, 6.07) is -0.244. The number of rotatable bonds is 3. The quantitative estimate of drug-likeness (QED) is 0.822. The third-order valence-corrected chi connectivity index (χ3v) is 3.72. The monoisotopic (exact) mass is 272 g/mol. The van der Waals surface area contributed by atoms with Crippen LogP contribution in [0.2, 0.25) is 0 Å². The molecule has 0 radical (unpaired) electrons. The molecule has 5 heteroatoms. The van der Waals surface area contributed by atoms with E-state index in [1.165, 1.54) is 0 Å². The summed E-state index contributed by atoms with van der Waals surface area (Å²) in [5.41, 5.74) is 4.17. The van der Waals surface area contributed by atoms with Gasteiger partial charge >= 0.3 is 6.09 Å². The average molecular weight is 272 g/mol. The predicted octanol–water partition coefficient (Wildman–Crippen LogP) is 1.88. The second-order valence-corrected chi connectivity index (χ2v) is 6.35. The van der Waals surface area contributed by atoms with Crippen LogP contribution in [0.1, 0.15) is 53.4 Å². The lowest BCUT2D eigenvalue weighted by molar-refractivity contribution is -0.0654. The number of carbonyl (C=O) groups excluding carboxylic acids is 1. The van der Waals surface area contributed by atoms with Crippen LogP contribution >= 0.6 is 0 Å². The molecule has 0 aromatic rings. The van der Waals surface area contributed by atoms with Gasteiger partial charge in [-0.15, -0.1) is 0 Å². The smallest absolute Gasteiger partial charge is 0.410 e. The van der Waals surface area contributed by atoms with Gasteiger partial charge in [0.25, 0.3) is 0 Å². The zero-order valence-electron chi connectivity index (χ0n) is 12.6. The average Bonchev–Trinajstić information content (AvgIpc) is 2.36. The van der Waals surface area contributed by atoms with Crippen molar-refractivity contribution >= 4 is 6.09 Å². The van der Waals surface area contributed by atoms with Crippen molar-refractivity contribution in [2.75, 3.05) is 13.1 Å². The van der Waals surface area contributed by atoms with Gasteiger partial charge in [0, 0.05) is 13.1 Å². The van der Waals surface area contributed by atoms with E-state index in [9.17, 15) is 9.90 Å². The van der Waals surface area contributed by atoms with Crippen molar-refractivity contribution in [3.8, 4) is 0 Å². The van der Waals surface area contributed by atoms with Crippen LogP contribution in [0.3, 0.4) is 0 Å². The van der Waals surface area contributed by atoms with E-state index in [-0.39, 0.29) is 18.7 Å². The van der Waals surface area contributed by atoms with Gasteiger partial charge < -0.3 is 20.5 Å². The highest BCUT2D eigenvalue weighted by Crippen LogP contribution is 2.29. The molecule has 1 aliphatic rings. The molecular weight excluding hydrogens is 244 g/mol. The number of hydrogen-bond donors (Lipinski definition) is 2. The first-order valence-electron chi connectivity index (χ1n) is 7.15. The number of likely N-dealkylation sites (tertiary alicyclic amines) is 1. The molecule has 0 spiro atoms. The van der Waals surface area contributed by atoms with Crippen molar-refractivity contribution in [2.45, 2.75) is 70.6 Å². The van der Waals surface area contributed by atoms with Crippen LogP contribution in [0.5, 0.6) is 0 Å². The van der Waals surface area contributed by atoms with Crippen molar-refractivity contribution in [3.05, 3.63) is 0 Å². The molecule has 0 aromatic carbocycles. The molecule has 0 bridgehead atoms. The van der Waals surface area contributed by atoms with Gasteiger partial charge in [-0.05, 0) is 46.5 Å². The molecule has 0 aromatic heterocycles. The molecule has 112 valence electrons. The fourth-order valence-electron chi connectivity index (χ4n) is 2.55. The van der Waals surface area contributed by atoms with E-state index < -0.39 is 11.2 Å². The second kappa shape index (κ2) is 6.09. The number of piperidine rings is 1. The van der Waals surface area contributed by atoms with Crippen LogP contribution in [-0.4, -0.2) is 46.4 Å². The normalized spacial score (nSPS) is 23.9. The molecule has 1 saturated heterocycles. The Bertz CT molecular complexity index is 308. The van der Waals surface area contributed by atoms with E-state index in [1.54, 1.807) is 4.90 Å². The molecule has 19 heavy (non-hydrogen) atoms. The first-order chi connectivity index (χ1) is 8.73. The van der Waals surface area contributed by atoms with E-state index in [0.29, 0.717) is 13.0 Å². The highest BCUT2D eigenvalue weighted by atomic mass is 16.6. The summed E-state index contributed by atoms with van der Waals surface area (Å²) >= 11 is 0. The molecule has 5 nitrogen and oxygen atoms in total. The molecule has 0 aliphatic carbocycles. The van der Waals surface area contributed by atoms with E-state index in [4.69, 9.17) is 10.5 Å². The Morgan fingerprint density at radius 2 is 2.05 bits per heavy atom. The number of carbonyl (C=O) groups is 1. The van der Waals surface area contributed by atoms with Crippen LogP contribution in [0.25, 0.3) is 0 Å². The van der Waals surface area contributed by atoms with Gasteiger partial charge in [0.05, 0.1) is 11.6 Å². The SMILES string of the molecule is CC[C@](O)(CN)[C@H]1CCCCN1C(=O)OC(C)(C)C. The fraction of sp³-hybridized carbons (Fsp3) is 0.929. The summed E-state index contributed by atoms with van der Waals surface area (Å²) < 4.78 is 5.43.